The Morgan fingerprint density at radius 1 is 1.05 bits per heavy atom. The number of rotatable bonds is 10. The second kappa shape index (κ2) is 10.7. The first-order valence-electron chi connectivity index (χ1n) is 9.31. The first-order chi connectivity index (χ1) is 10.9. The molecule has 0 amide bonds. The molecule has 0 saturated heterocycles. The van der Waals surface area contributed by atoms with E-state index in [0.717, 1.165) is 37.8 Å². The van der Waals surface area contributed by atoms with Crippen LogP contribution in [0.1, 0.15) is 70.3 Å². The molecule has 0 atom stereocenters. The summed E-state index contributed by atoms with van der Waals surface area (Å²) in [7, 11) is 0. The smallest absolute Gasteiger partial charge is 0.123 e. The molecule has 1 aliphatic rings. The van der Waals surface area contributed by atoms with Crippen LogP contribution in [-0.4, -0.2) is 13.2 Å². The molecule has 1 aromatic carbocycles. The normalized spacial score (nSPS) is 15.9. The minimum Gasteiger partial charge on any atom is -0.493 e. The summed E-state index contributed by atoms with van der Waals surface area (Å²) >= 11 is 0. The zero-order valence-corrected chi connectivity index (χ0v) is 14.3. The van der Waals surface area contributed by atoms with Crippen LogP contribution in [0.4, 0.5) is 0 Å². The number of ether oxygens (including phenoxy) is 1. The van der Waals surface area contributed by atoms with Gasteiger partial charge in [-0.25, -0.2) is 0 Å². The highest BCUT2D eigenvalue weighted by Gasteiger charge is 2.13. The predicted molar refractivity (Wildman–Crippen MR) is 94.4 cm³/mol. The Bertz CT molecular complexity index is 398. The van der Waals surface area contributed by atoms with Crippen LogP contribution in [0.3, 0.4) is 0 Å². The Labute approximate surface area is 136 Å². The van der Waals surface area contributed by atoms with Gasteiger partial charge in [0.2, 0.25) is 0 Å². The van der Waals surface area contributed by atoms with Gasteiger partial charge in [0.05, 0.1) is 6.61 Å². The van der Waals surface area contributed by atoms with Gasteiger partial charge in [-0.2, -0.15) is 0 Å². The van der Waals surface area contributed by atoms with Crippen LogP contribution in [0.15, 0.2) is 24.3 Å². The molecule has 0 heterocycles. The third-order valence-corrected chi connectivity index (χ3v) is 4.70. The Hall–Kier alpha value is -1.02. The molecule has 22 heavy (non-hydrogen) atoms. The van der Waals surface area contributed by atoms with E-state index in [1.54, 1.807) is 0 Å². The Morgan fingerprint density at radius 3 is 2.68 bits per heavy atom. The summed E-state index contributed by atoms with van der Waals surface area (Å²) < 4.78 is 5.99. The standard InChI is InChI=1S/C20H33NO/c1-2-3-4-10-15-22-20-14-9-8-13-19(20)17-21-16-18-11-6-5-7-12-18/h8-9,13-14,18,21H,2-7,10-12,15-17H2,1H3. The molecular weight excluding hydrogens is 270 g/mol. The van der Waals surface area contributed by atoms with E-state index < -0.39 is 0 Å². The molecule has 0 aliphatic heterocycles. The van der Waals surface area contributed by atoms with E-state index in [0.29, 0.717) is 0 Å². The molecule has 0 bridgehead atoms. The van der Waals surface area contributed by atoms with Crippen LogP contribution in [-0.2, 0) is 6.54 Å². The van der Waals surface area contributed by atoms with Crippen molar-refractivity contribution in [3.63, 3.8) is 0 Å². The fraction of sp³-hybridized carbons (Fsp3) is 0.700. The maximum atomic E-state index is 5.99. The molecule has 1 fully saturated rings. The van der Waals surface area contributed by atoms with Gasteiger partial charge in [-0.1, -0.05) is 63.6 Å². The molecule has 2 rings (SSSR count). The Balaban J connectivity index is 1.70. The second-order valence-electron chi connectivity index (χ2n) is 6.65. The predicted octanol–water partition coefficient (Wildman–Crippen LogP) is 5.32. The molecule has 124 valence electrons. The molecule has 1 aliphatic carbocycles. The molecule has 2 heteroatoms. The van der Waals surface area contributed by atoms with Gasteiger partial charge in [-0.3, -0.25) is 0 Å². The van der Waals surface area contributed by atoms with Crippen LogP contribution in [0, 0.1) is 5.92 Å². The van der Waals surface area contributed by atoms with Crippen LogP contribution >= 0.6 is 0 Å². The summed E-state index contributed by atoms with van der Waals surface area (Å²) in [6.45, 7) is 5.18. The summed E-state index contributed by atoms with van der Waals surface area (Å²) in [5.74, 6) is 1.95. The molecule has 1 N–H and O–H groups in total. The van der Waals surface area contributed by atoms with Gasteiger partial charge >= 0.3 is 0 Å². The first-order valence-corrected chi connectivity index (χ1v) is 9.31. The summed E-state index contributed by atoms with van der Waals surface area (Å²) in [6, 6.07) is 8.49. The van der Waals surface area contributed by atoms with Crippen molar-refractivity contribution < 1.29 is 4.74 Å². The quantitative estimate of drug-likeness (QED) is 0.591. The first kappa shape index (κ1) is 17.3. The van der Waals surface area contributed by atoms with E-state index in [4.69, 9.17) is 4.74 Å². The lowest BCUT2D eigenvalue weighted by atomic mass is 9.89. The van der Waals surface area contributed by atoms with Crippen LogP contribution < -0.4 is 10.1 Å². The number of hydrogen-bond donors (Lipinski definition) is 1. The third-order valence-electron chi connectivity index (χ3n) is 4.70. The van der Waals surface area contributed by atoms with E-state index in [2.05, 4.69) is 36.5 Å². The number of benzene rings is 1. The monoisotopic (exact) mass is 303 g/mol. The van der Waals surface area contributed by atoms with Crippen LogP contribution in [0.5, 0.6) is 5.75 Å². The fourth-order valence-electron chi connectivity index (χ4n) is 3.30. The van der Waals surface area contributed by atoms with Crippen molar-refractivity contribution >= 4 is 0 Å². The second-order valence-corrected chi connectivity index (χ2v) is 6.65. The highest BCUT2D eigenvalue weighted by atomic mass is 16.5. The van der Waals surface area contributed by atoms with Crippen molar-refractivity contribution in [2.75, 3.05) is 13.2 Å². The lowest BCUT2D eigenvalue weighted by molar-refractivity contribution is 0.299. The fourth-order valence-corrected chi connectivity index (χ4v) is 3.30. The van der Waals surface area contributed by atoms with Gasteiger partial charge in [0.25, 0.3) is 0 Å². The number of nitrogens with one attached hydrogen (secondary N) is 1. The zero-order chi connectivity index (χ0) is 15.5. The average molecular weight is 303 g/mol. The van der Waals surface area contributed by atoms with Crippen molar-refractivity contribution in [3.05, 3.63) is 29.8 Å². The van der Waals surface area contributed by atoms with Gasteiger partial charge in [-0.05, 0) is 37.8 Å². The van der Waals surface area contributed by atoms with E-state index >= 15 is 0 Å². The van der Waals surface area contributed by atoms with Crippen molar-refractivity contribution in [3.8, 4) is 5.75 Å². The maximum absolute atomic E-state index is 5.99. The lowest BCUT2D eigenvalue weighted by Gasteiger charge is -2.22. The van der Waals surface area contributed by atoms with Gasteiger partial charge < -0.3 is 10.1 Å². The maximum Gasteiger partial charge on any atom is 0.123 e. The largest absolute Gasteiger partial charge is 0.493 e. The summed E-state index contributed by atoms with van der Waals surface area (Å²) in [5.41, 5.74) is 1.30. The van der Waals surface area contributed by atoms with Crippen LogP contribution in [0.25, 0.3) is 0 Å². The van der Waals surface area contributed by atoms with Crippen LogP contribution in [0.2, 0.25) is 0 Å². The number of unbranched alkanes of at least 4 members (excludes halogenated alkanes) is 3. The summed E-state index contributed by atoms with van der Waals surface area (Å²) in [5, 5.41) is 3.64. The lowest BCUT2D eigenvalue weighted by Crippen LogP contribution is -2.24. The third kappa shape index (κ3) is 6.39. The molecule has 2 nitrogen and oxygen atoms in total. The topological polar surface area (TPSA) is 21.3 Å². The van der Waals surface area contributed by atoms with Gasteiger partial charge in [0.15, 0.2) is 0 Å². The molecule has 0 spiro atoms. The van der Waals surface area contributed by atoms with Crippen molar-refractivity contribution in [2.45, 2.75) is 71.3 Å². The highest BCUT2D eigenvalue weighted by Crippen LogP contribution is 2.23. The molecule has 0 radical (unpaired) electrons. The van der Waals surface area contributed by atoms with E-state index in [1.165, 1.54) is 56.9 Å². The summed E-state index contributed by atoms with van der Waals surface area (Å²) in [6.07, 6.45) is 12.1. The molecule has 1 saturated carbocycles. The van der Waals surface area contributed by atoms with Crippen molar-refractivity contribution in [2.24, 2.45) is 5.92 Å². The van der Waals surface area contributed by atoms with E-state index in [1.807, 2.05) is 0 Å². The molecule has 0 aromatic heterocycles. The van der Waals surface area contributed by atoms with Crippen molar-refractivity contribution in [1.82, 2.24) is 5.32 Å². The average Bonchev–Trinajstić information content (AvgIpc) is 2.57. The minimum absolute atomic E-state index is 0.847. The minimum atomic E-state index is 0.847. The molecule has 0 unspecified atom stereocenters. The van der Waals surface area contributed by atoms with E-state index in [-0.39, 0.29) is 0 Å². The SMILES string of the molecule is CCCCCCOc1ccccc1CNCC1CCCCC1. The number of para-hydroxylation sites is 1. The Kier molecular flexibility index (Phi) is 8.40. The van der Waals surface area contributed by atoms with E-state index in [9.17, 15) is 0 Å². The number of hydrogen-bond acceptors (Lipinski definition) is 2. The van der Waals surface area contributed by atoms with Gasteiger partial charge in [-0.15, -0.1) is 0 Å². The summed E-state index contributed by atoms with van der Waals surface area (Å²) in [4.78, 5) is 0. The zero-order valence-electron chi connectivity index (χ0n) is 14.3. The van der Waals surface area contributed by atoms with Gasteiger partial charge in [0.1, 0.15) is 5.75 Å². The molecular formula is C20H33NO. The molecule has 1 aromatic rings. The highest BCUT2D eigenvalue weighted by molar-refractivity contribution is 5.33. The van der Waals surface area contributed by atoms with Gasteiger partial charge in [0, 0.05) is 12.1 Å². The van der Waals surface area contributed by atoms with Crippen molar-refractivity contribution in [1.29, 1.82) is 0 Å². The Morgan fingerprint density at radius 2 is 1.86 bits per heavy atom.